The van der Waals surface area contributed by atoms with Crippen molar-refractivity contribution >= 4 is 29.0 Å². The molecular formula is C27H22N2O3S. The number of aryl methyl sites for hydroxylation is 1. The fraction of sp³-hybridized carbons (Fsp3) is 0.148. The molecule has 1 heterocycles. The highest BCUT2D eigenvalue weighted by Gasteiger charge is 2.34. The van der Waals surface area contributed by atoms with Gasteiger partial charge in [0.15, 0.2) is 0 Å². The fourth-order valence-corrected chi connectivity index (χ4v) is 4.42. The predicted molar refractivity (Wildman–Crippen MR) is 129 cm³/mol. The lowest BCUT2D eigenvalue weighted by Gasteiger charge is -2.12. The third kappa shape index (κ3) is 5.51. The molecule has 0 bridgehead atoms. The molecule has 1 aliphatic heterocycles. The van der Waals surface area contributed by atoms with Crippen molar-refractivity contribution in [1.29, 1.82) is 5.26 Å². The molecule has 0 radical (unpaired) electrons. The number of amides is 2. The number of carbonyl (C=O) groups is 2. The van der Waals surface area contributed by atoms with Crippen molar-refractivity contribution in [3.63, 3.8) is 0 Å². The first-order valence-corrected chi connectivity index (χ1v) is 11.5. The third-order valence-electron chi connectivity index (χ3n) is 5.29. The summed E-state index contributed by atoms with van der Waals surface area (Å²) in [6.07, 6.45) is 3.23. The topological polar surface area (TPSA) is 70.4 Å². The molecule has 0 unspecified atom stereocenters. The second-order valence-electron chi connectivity index (χ2n) is 7.52. The van der Waals surface area contributed by atoms with Gasteiger partial charge in [0.05, 0.1) is 16.5 Å². The van der Waals surface area contributed by atoms with Crippen LogP contribution in [0, 0.1) is 11.3 Å². The molecule has 0 spiro atoms. The van der Waals surface area contributed by atoms with E-state index >= 15 is 0 Å². The first-order valence-electron chi connectivity index (χ1n) is 10.6. The van der Waals surface area contributed by atoms with Gasteiger partial charge < -0.3 is 4.74 Å². The molecule has 1 fully saturated rings. The van der Waals surface area contributed by atoms with E-state index in [1.54, 1.807) is 12.1 Å². The van der Waals surface area contributed by atoms with E-state index < -0.39 is 0 Å². The highest BCUT2D eigenvalue weighted by atomic mass is 32.2. The van der Waals surface area contributed by atoms with Crippen LogP contribution in [0.1, 0.15) is 28.7 Å². The Labute approximate surface area is 197 Å². The Bertz CT molecular complexity index is 1230. The van der Waals surface area contributed by atoms with Gasteiger partial charge in [0, 0.05) is 17.7 Å². The number of nitriles is 1. The Morgan fingerprint density at radius 1 is 0.939 bits per heavy atom. The lowest BCUT2D eigenvalue weighted by Crippen LogP contribution is -2.29. The standard InChI is InChI=1S/C27H22N2O3S/c28-18-22-13-4-5-14-23(22)19-32-24-15-7-6-12-21(24)17-25-26(30)29(27(31)33-25)16-8-11-20-9-2-1-3-10-20/h1-7,9-10,12-15,17H,8,11,16,19H2/b25-17+. The molecule has 0 N–H and O–H groups in total. The number of thioether (sulfide) groups is 1. The summed E-state index contributed by atoms with van der Waals surface area (Å²) in [4.78, 5) is 27.0. The smallest absolute Gasteiger partial charge is 0.293 e. The first-order chi connectivity index (χ1) is 16.2. The average Bonchev–Trinajstić information content (AvgIpc) is 3.11. The summed E-state index contributed by atoms with van der Waals surface area (Å²) in [5.74, 6) is 0.309. The summed E-state index contributed by atoms with van der Waals surface area (Å²) in [5.41, 5.74) is 3.24. The van der Waals surface area contributed by atoms with Gasteiger partial charge in [0.2, 0.25) is 0 Å². The number of hydrogen-bond donors (Lipinski definition) is 0. The number of hydrogen-bond acceptors (Lipinski definition) is 5. The Morgan fingerprint density at radius 3 is 2.48 bits per heavy atom. The largest absolute Gasteiger partial charge is 0.488 e. The second-order valence-corrected chi connectivity index (χ2v) is 8.51. The van der Waals surface area contributed by atoms with E-state index in [0.717, 1.165) is 23.7 Å². The van der Waals surface area contributed by atoms with E-state index in [-0.39, 0.29) is 17.8 Å². The van der Waals surface area contributed by atoms with Gasteiger partial charge in [-0.3, -0.25) is 14.5 Å². The Hall–Kier alpha value is -3.82. The zero-order valence-electron chi connectivity index (χ0n) is 17.9. The Kier molecular flexibility index (Phi) is 7.23. The van der Waals surface area contributed by atoms with Crippen LogP contribution in [0.3, 0.4) is 0 Å². The summed E-state index contributed by atoms with van der Waals surface area (Å²) in [6.45, 7) is 0.621. The molecule has 4 rings (SSSR count). The second kappa shape index (κ2) is 10.7. The van der Waals surface area contributed by atoms with Gasteiger partial charge in [-0.1, -0.05) is 66.7 Å². The van der Waals surface area contributed by atoms with Crippen molar-refractivity contribution in [3.8, 4) is 11.8 Å². The summed E-state index contributed by atoms with van der Waals surface area (Å²) in [7, 11) is 0. The molecule has 0 aromatic heterocycles. The molecule has 2 amide bonds. The van der Waals surface area contributed by atoms with Crippen LogP contribution >= 0.6 is 11.8 Å². The molecule has 1 aliphatic rings. The molecule has 6 heteroatoms. The molecule has 3 aromatic carbocycles. The molecule has 1 saturated heterocycles. The maximum atomic E-state index is 12.9. The third-order valence-corrected chi connectivity index (χ3v) is 6.20. The molecule has 164 valence electrons. The minimum Gasteiger partial charge on any atom is -0.488 e. The zero-order valence-corrected chi connectivity index (χ0v) is 18.8. The maximum absolute atomic E-state index is 12.9. The Morgan fingerprint density at radius 2 is 1.67 bits per heavy atom. The van der Waals surface area contributed by atoms with E-state index in [1.807, 2.05) is 72.8 Å². The van der Waals surface area contributed by atoms with Gasteiger partial charge in [-0.25, -0.2) is 0 Å². The first kappa shape index (κ1) is 22.4. The number of carbonyl (C=O) groups excluding carboxylic acids is 2. The Balaban J connectivity index is 1.44. The number of rotatable bonds is 8. The SMILES string of the molecule is N#Cc1ccccc1COc1ccccc1/C=C1/SC(=O)N(CCCc2ccccc2)C1=O. The molecule has 3 aromatic rings. The van der Waals surface area contributed by atoms with E-state index in [2.05, 4.69) is 6.07 Å². The van der Waals surface area contributed by atoms with Crippen molar-refractivity contribution in [2.24, 2.45) is 0 Å². The number of imide groups is 1. The highest BCUT2D eigenvalue weighted by molar-refractivity contribution is 8.18. The summed E-state index contributed by atoms with van der Waals surface area (Å²) in [6, 6.07) is 26.8. The number of para-hydroxylation sites is 1. The van der Waals surface area contributed by atoms with Crippen molar-refractivity contribution in [2.45, 2.75) is 19.4 Å². The normalized spacial score (nSPS) is 14.5. The zero-order chi connectivity index (χ0) is 23.0. The molecular weight excluding hydrogens is 432 g/mol. The van der Waals surface area contributed by atoms with Gasteiger partial charge in [0.25, 0.3) is 11.1 Å². The fourth-order valence-electron chi connectivity index (χ4n) is 3.56. The van der Waals surface area contributed by atoms with Gasteiger partial charge in [0.1, 0.15) is 12.4 Å². The van der Waals surface area contributed by atoms with Gasteiger partial charge in [-0.05, 0) is 48.4 Å². The summed E-state index contributed by atoms with van der Waals surface area (Å²) < 4.78 is 5.96. The minimum absolute atomic E-state index is 0.232. The molecule has 0 atom stereocenters. The van der Waals surface area contributed by atoms with Crippen LogP contribution in [0.25, 0.3) is 6.08 Å². The quantitative estimate of drug-likeness (QED) is 0.402. The van der Waals surface area contributed by atoms with Gasteiger partial charge in [-0.2, -0.15) is 5.26 Å². The molecule has 0 aliphatic carbocycles. The molecule has 33 heavy (non-hydrogen) atoms. The summed E-state index contributed by atoms with van der Waals surface area (Å²) >= 11 is 0.952. The van der Waals surface area contributed by atoms with Crippen LogP contribution in [-0.2, 0) is 17.8 Å². The predicted octanol–water partition coefficient (Wildman–Crippen LogP) is 5.81. The van der Waals surface area contributed by atoms with Crippen molar-refractivity contribution in [2.75, 3.05) is 6.54 Å². The van der Waals surface area contributed by atoms with Gasteiger partial charge in [-0.15, -0.1) is 0 Å². The van der Waals surface area contributed by atoms with E-state index in [4.69, 9.17) is 4.74 Å². The molecule has 5 nitrogen and oxygen atoms in total. The van der Waals surface area contributed by atoms with Crippen molar-refractivity contribution in [1.82, 2.24) is 4.90 Å². The van der Waals surface area contributed by atoms with E-state index in [1.165, 1.54) is 10.5 Å². The van der Waals surface area contributed by atoms with Crippen LogP contribution in [0.15, 0.2) is 83.8 Å². The van der Waals surface area contributed by atoms with Crippen LogP contribution in [0.2, 0.25) is 0 Å². The van der Waals surface area contributed by atoms with E-state index in [9.17, 15) is 14.9 Å². The van der Waals surface area contributed by atoms with E-state index in [0.29, 0.717) is 34.7 Å². The summed E-state index contributed by atoms with van der Waals surface area (Å²) in [5, 5.41) is 9.02. The average molecular weight is 455 g/mol. The minimum atomic E-state index is -0.275. The maximum Gasteiger partial charge on any atom is 0.293 e. The van der Waals surface area contributed by atoms with Crippen molar-refractivity contribution in [3.05, 3.63) is 106 Å². The van der Waals surface area contributed by atoms with Gasteiger partial charge >= 0.3 is 0 Å². The van der Waals surface area contributed by atoms with Crippen LogP contribution in [0.4, 0.5) is 4.79 Å². The van der Waals surface area contributed by atoms with Crippen LogP contribution in [0.5, 0.6) is 5.75 Å². The number of benzene rings is 3. The number of nitrogens with zero attached hydrogens (tertiary/aromatic N) is 2. The van der Waals surface area contributed by atoms with Crippen LogP contribution < -0.4 is 4.74 Å². The van der Waals surface area contributed by atoms with Crippen LogP contribution in [-0.4, -0.2) is 22.6 Å². The number of ether oxygens (including phenoxy) is 1. The molecule has 0 saturated carbocycles. The van der Waals surface area contributed by atoms with Crippen molar-refractivity contribution < 1.29 is 14.3 Å². The monoisotopic (exact) mass is 454 g/mol. The lowest BCUT2D eigenvalue weighted by atomic mass is 10.1. The lowest BCUT2D eigenvalue weighted by molar-refractivity contribution is -0.122. The highest BCUT2D eigenvalue weighted by Crippen LogP contribution is 2.34.